The van der Waals surface area contributed by atoms with Gasteiger partial charge >= 0.3 is 30.0 Å². The van der Waals surface area contributed by atoms with Gasteiger partial charge in [-0.25, -0.2) is 19.2 Å². The van der Waals surface area contributed by atoms with Crippen molar-refractivity contribution in [3.05, 3.63) is 0 Å². The molecular weight excluding hydrogens is 570 g/mol. The van der Waals surface area contributed by atoms with Crippen LogP contribution in [0, 0.1) is 0 Å². The van der Waals surface area contributed by atoms with E-state index in [-0.39, 0.29) is 31.0 Å². The highest BCUT2D eigenvalue weighted by Crippen LogP contribution is 2.10. The van der Waals surface area contributed by atoms with Crippen LogP contribution < -0.4 is 26.6 Å². The van der Waals surface area contributed by atoms with E-state index in [2.05, 4.69) is 21.3 Å². The van der Waals surface area contributed by atoms with Crippen LogP contribution in [0.15, 0.2) is 0 Å². The summed E-state index contributed by atoms with van der Waals surface area (Å²) in [6.45, 7) is 7.44. The molecule has 246 valence electrons. The molecular formula is C27H47N5O11. The maximum atomic E-state index is 12.9. The van der Waals surface area contributed by atoms with Crippen molar-refractivity contribution >= 4 is 41.8 Å². The van der Waals surface area contributed by atoms with E-state index in [0.29, 0.717) is 6.42 Å². The van der Waals surface area contributed by atoms with Gasteiger partial charge in [0.15, 0.2) is 1.41 Å². The standard InChI is InChI=1S/C27H47N5O11/c1-7-8-9-10-14-20(33)30-19(23(37)38)15-28-25(40)31-17(21(34)29-16(2)22(35)36)12-11-13-18(24(39)42-6)32-26(41)43-27(3,4)5/h16-19H,7-15H2,1-6H3,(H,29,34)(H,30,33)(H,32,41)(H,35,36)(H,37,38)(H2,28,31,40)/t16-,17-,18?,19?/m0/s1/i/hD. The van der Waals surface area contributed by atoms with Gasteiger partial charge in [-0.05, 0) is 53.4 Å². The number of alkyl carbamates (subject to hydrolysis) is 1. The van der Waals surface area contributed by atoms with Gasteiger partial charge in [0.1, 0.15) is 29.8 Å². The molecule has 5 amide bonds. The van der Waals surface area contributed by atoms with Crippen molar-refractivity contribution in [2.75, 3.05) is 13.7 Å². The first-order valence-corrected chi connectivity index (χ1v) is 14.1. The highest BCUT2D eigenvalue weighted by atomic mass is 16.6. The molecule has 0 aliphatic heterocycles. The third kappa shape index (κ3) is 18.1. The predicted octanol–water partition coefficient (Wildman–Crippen LogP) is 1.02. The third-order valence-electron chi connectivity index (χ3n) is 5.80. The maximum absolute atomic E-state index is 12.9. The normalized spacial score (nSPS) is 14.0. The molecule has 0 aromatic carbocycles. The van der Waals surface area contributed by atoms with Gasteiger partial charge in [0.05, 0.1) is 13.7 Å². The van der Waals surface area contributed by atoms with Crippen LogP contribution in [0.4, 0.5) is 9.59 Å². The number of unbranched alkanes of at least 4 members (excludes halogenated alkanes) is 3. The number of carboxylic acids is 2. The number of methoxy groups -OCH3 is 1. The molecule has 0 bridgehead atoms. The lowest BCUT2D eigenvalue weighted by Crippen LogP contribution is -2.55. The van der Waals surface area contributed by atoms with Crippen LogP contribution in [-0.4, -0.2) is 95.5 Å². The molecule has 4 atom stereocenters. The van der Waals surface area contributed by atoms with E-state index >= 15 is 0 Å². The molecule has 0 fully saturated rings. The number of carbonyl (C=O) groups excluding carboxylic acids is 5. The van der Waals surface area contributed by atoms with Gasteiger partial charge in [-0.2, -0.15) is 0 Å². The van der Waals surface area contributed by atoms with E-state index in [0.717, 1.165) is 26.4 Å². The van der Waals surface area contributed by atoms with E-state index in [1.54, 1.807) is 20.8 Å². The van der Waals surface area contributed by atoms with Crippen LogP contribution in [-0.2, 0) is 33.4 Å². The van der Waals surface area contributed by atoms with Gasteiger partial charge in [-0.15, -0.1) is 0 Å². The molecule has 0 aromatic rings. The zero-order chi connectivity index (χ0) is 34.0. The van der Waals surface area contributed by atoms with Gasteiger partial charge in [0.25, 0.3) is 0 Å². The average molecular weight is 619 g/mol. The van der Waals surface area contributed by atoms with Crippen molar-refractivity contribution in [3.63, 3.8) is 0 Å². The minimum atomic E-state index is -1.59. The lowest BCUT2D eigenvalue weighted by Gasteiger charge is -2.24. The number of rotatable bonds is 19. The average Bonchev–Trinajstić information content (AvgIpc) is 2.92. The summed E-state index contributed by atoms with van der Waals surface area (Å²) in [5, 5.41) is 27.9. The van der Waals surface area contributed by atoms with Crippen molar-refractivity contribution in [3.8, 4) is 0 Å². The molecule has 16 heteroatoms. The van der Waals surface area contributed by atoms with E-state index < -0.39 is 78.2 Å². The second-order valence-corrected chi connectivity index (χ2v) is 10.8. The third-order valence-corrected chi connectivity index (χ3v) is 5.80. The Morgan fingerprint density at radius 3 is 2.00 bits per heavy atom. The second-order valence-electron chi connectivity index (χ2n) is 10.8. The van der Waals surface area contributed by atoms with Crippen LogP contribution >= 0.6 is 0 Å². The molecule has 0 heterocycles. The van der Waals surface area contributed by atoms with Gasteiger partial charge in [-0.3, -0.25) is 14.4 Å². The van der Waals surface area contributed by atoms with Gasteiger partial charge in [-0.1, -0.05) is 26.2 Å². The zero-order valence-corrected chi connectivity index (χ0v) is 25.7. The Bertz CT molecular complexity index is 1010. The molecule has 2 unspecified atom stereocenters. The summed E-state index contributed by atoms with van der Waals surface area (Å²) in [4.78, 5) is 85.1. The van der Waals surface area contributed by atoms with Gasteiger partial charge in [0.2, 0.25) is 11.8 Å². The molecule has 0 saturated carbocycles. The van der Waals surface area contributed by atoms with E-state index in [1.807, 2.05) is 6.92 Å². The van der Waals surface area contributed by atoms with Crippen molar-refractivity contribution in [1.29, 1.82) is 0 Å². The summed E-state index contributed by atoms with van der Waals surface area (Å²) in [6.07, 6.45) is 2.03. The van der Waals surface area contributed by atoms with Crippen molar-refractivity contribution < 1.29 is 54.7 Å². The number of aliphatic carboxylic acids is 2. The van der Waals surface area contributed by atoms with Gasteiger partial charge in [0, 0.05) is 6.42 Å². The Labute approximate surface area is 252 Å². The Balaban J connectivity index is 5.54. The summed E-state index contributed by atoms with van der Waals surface area (Å²) < 4.78 is 18.1. The Morgan fingerprint density at radius 1 is 0.837 bits per heavy atom. The van der Waals surface area contributed by atoms with Crippen LogP contribution in [0.2, 0.25) is 1.41 Å². The molecule has 0 aromatic heterocycles. The number of urea groups is 1. The molecule has 43 heavy (non-hydrogen) atoms. The zero-order valence-electron chi connectivity index (χ0n) is 26.7. The fourth-order valence-electron chi connectivity index (χ4n) is 3.54. The van der Waals surface area contributed by atoms with Gasteiger partial charge < -0.3 is 46.3 Å². The Kier molecular flexibility index (Phi) is 17.1. The predicted molar refractivity (Wildman–Crippen MR) is 153 cm³/mol. The SMILES string of the molecule is [2H]N(C(=O)NCC(NC(=O)CCCCCC)C(=O)O)[C@@H](CCCC(NC(=O)OC(C)(C)C)C(=O)OC)C(=O)N[C@@H](C)C(=O)O. The molecule has 0 aliphatic rings. The Morgan fingerprint density at radius 2 is 1.47 bits per heavy atom. The summed E-state index contributed by atoms with van der Waals surface area (Å²) in [7, 11) is 1.10. The van der Waals surface area contributed by atoms with E-state index in [9.17, 15) is 38.7 Å². The minimum Gasteiger partial charge on any atom is -0.480 e. The molecule has 16 nitrogen and oxygen atoms in total. The first-order valence-electron chi connectivity index (χ1n) is 14.6. The summed E-state index contributed by atoms with van der Waals surface area (Å²) >= 11 is 0. The Hall–Kier alpha value is -4.11. The van der Waals surface area contributed by atoms with E-state index in [4.69, 9.17) is 16.0 Å². The number of ether oxygens (including phenoxy) is 2. The lowest BCUT2D eigenvalue weighted by atomic mass is 10.0. The van der Waals surface area contributed by atoms with E-state index in [1.165, 1.54) is 6.92 Å². The first-order chi connectivity index (χ1) is 20.4. The number of carbonyl (C=O) groups is 7. The highest BCUT2D eigenvalue weighted by Gasteiger charge is 2.28. The molecule has 0 saturated heterocycles. The number of hydrogen-bond donors (Lipinski definition) is 7. The first kappa shape index (κ1) is 36.9. The number of hydrogen-bond acceptors (Lipinski definition) is 9. The fourth-order valence-corrected chi connectivity index (χ4v) is 3.54. The number of esters is 1. The molecule has 7 N–H and O–H groups in total. The smallest absolute Gasteiger partial charge is 0.408 e. The lowest BCUT2D eigenvalue weighted by molar-refractivity contribution is -0.143. The number of nitrogens with one attached hydrogen (secondary N) is 5. The summed E-state index contributed by atoms with van der Waals surface area (Å²) in [5.74, 6) is -5.15. The minimum absolute atomic E-state index is 0.0381. The second kappa shape index (κ2) is 19.9. The summed E-state index contributed by atoms with van der Waals surface area (Å²) in [6, 6.07) is -6.88. The quantitative estimate of drug-likeness (QED) is 0.0796. The van der Waals surface area contributed by atoms with Crippen molar-refractivity contribution in [2.24, 2.45) is 0 Å². The van der Waals surface area contributed by atoms with Crippen LogP contribution in [0.25, 0.3) is 0 Å². The largest absolute Gasteiger partial charge is 0.480 e. The van der Waals surface area contributed by atoms with Crippen LogP contribution in [0.3, 0.4) is 0 Å². The van der Waals surface area contributed by atoms with Crippen LogP contribution in [0.5, 0.6) is 0 Å². The van der Waals surface area contributed by atoms with Crippen molar-refractivity contribution in [1.82, 2.24) is 26.6 Å². The summed E-state index contributed by atoms with van der Waals surface area (Å²) in [5.41, 5.74) is -0.856. The van der Waals surface area contributed by atoms with Crippen molar-refractivity contribution in [2.45, 2.75) is 116 Å². The molecule has 0 radical (unpaired) electrons. The molecule has 0 spiro atoms. The van der Waals surface area contributed by atoms with Crippen LogP contribution in [0.1, 0.15) is 86.0 Å². The molecule has 0 rings (SSSR count). The maximum Gasteiger partial charge on any atom is 0.408 e. The monoisotopic (exact) mass is 618 g/mol. The number of carboxylic acid groups (broad SMARTS) is 2. The molecule has 0 aliphatic carbocycles. The number of amides is 5. The highest BCUT2D eigenvalue weighted by molar-refractivity contribution is 5.90. The fraction of sp³-hybridized carbons (Fsp3) is 0.741. The topological polar surface area (TPSA) is 239 Å².